The van der Waals surface area contributed by atoms with Crippen molar-refractivity contribution in [1.82, 2.24) is 0 Å². The number of carbonyl (C=O) groups excluding carboxylic acids is 2. The molecule has 2 N–H and O–H groups in total. The molecule has 0 bridgehead atoms. The summed E-state index contributed by atoms with van der Waals surface area (Å²) < 4.78 is 5.44. The van der Waals surface area contributed by atoms with Crippen LogP contribution in [-0.4, -0.2) is 22.8 Å². The second-order valence-electron chi connectivity index (χ2n) is 5.22. The maximum absolute atomic E-state index is 12.2. The quantitative estimate of drug-likeness (QED) is 0.665. The molecule has 8 nitrogen and oxygen atoms in total. The number of non-ortho nitro benzene ring substituents is 1. The average molecular weight is 327 g/mol. The third kappa shape index (κ3) is 3.02. The second-order valence-corrected chi connectivity index (χ2v) is 5.22. The summed E-state index contributed by atoms with van der Waals surface area (Å²) in [5.41, 5.74) is 1.14. The van der Waals surface area contributed by atoms with Gasteiger partial charge in [0.15, 0.2) is 6.10 Å². The zero-order valence-corrected chi connectivity index (χ0v) is 12.6. The van der Waals surface area contributed by atoms with Crippen molar-refractivity contribution in [3.05, 3.63) is 58.1 Å². The molecule has 0 aliphatic carbocycles. The number of nitrogens with one attached hydrogen (secondary N) is 2. The van der Waals surface area contributed by atoms with Gasteiger partial charge in [-0.25, -0.2) is 0 Å². The van der Waals surface area contributed by atoms with Crippen LogP contribution in [0, 0.1) is 10.1 Å². The molecule has 0 aromatic heterocycles. The van der Waals surface area contributed by atoms with Crippen LogP contribution < -0.4 is 15.4 Å². The Hall–Kier alpha value is -3.42. The maximum Gasteiger partial charge on any atom is 0.269 e. The van der Waals surface area contributed by atoms with Crippen molar-refractivity contribution in [2.24, 2.45) is 0 Å². The van der Waals surface area contributed by atoms with E-state index in [0.29, 0.717) is 17.1 Å². The highest BCUT2D eigenvalue weighted by molar-refractivity contribution is 6.05. The first-order chi connectivity index (χ1) is 11.4. The summed E-state index contributed by atoms with van der Waals surface area (Å²) in [5.74, 6) is -0.155. The third-order valence-corrected chi connectivity index (χ3v) is 3.51. The van der Waals surface area contributed by atoms with E-state index in [4.69, 9.17) is 4.74 Å². The molecule has 0 unspecified atom stereocenters. The van der Waals surface area contributed by atoms with Gasteiger partial charge in [0, 0.05) is 23.4 Å². The Morgan fingerprint density at radius 2 is 1.96 bits per heavy atom. The van der Waals surface area contributed by atoms with Crippen molar-refractivity contribution in [2.45, 2.75) is 13.0 Å². The Bertz CT molecular complexity index is 832. The largest absolute Gasteiger partial charge is 0.479 e. The van der Waals surface area contributed by atoms with Crippen molar-refractivity contribution >= 4 is 28.9 Å². The Balaban J connectivity index is 1.76. The number of anilines is 2. The minimum atomic E-state index is -0.571. The summed E-state index contributed by atoms with van der Waals surface area (Å²) >= 11 is 0. The van der Waals surface area contributed by atoms with E-state index in [1.807, 2.05) is 0 Å². The molecule has 0 spiro atoms. The summed E-state index contributed by atoms with van der Waals surface area (Å²) in [6.45, 7) is 1.64. The first kappa shape index (κ1) is 15.5. The molecule has 24 heavy (non-hydrogen) atoms. The zero-order valence-electron chi connectivity index (χ0n) is 12.6. The van der Waals surface area contributed by atoms with E-state index in [9.17, 15) is 19.7 Å². The lowest BCUT2D eigenvalue weighted by Crippen LogP contribution is -2.34. The number of nitro groups is 1. The molecule has 3 rings (SSSR count). The SMILES string of the molecule is C[C@@H]1Oc2ccc(NC(=O)c3ccc([N+](=O)[O-])cc3)cc2NC1=O. The van der Waals surface area contributed by atoms with E-state index >= 15 is 0 Å². The van der Waals surface area contributed by atoms with E-state index in [0.717, 1.165) is 0 Å². The Kier molecular flexibility index (Phi) is 3.87. The molecule has 1 aliphatic heterocycles. The number of hydrogen-bond donors (Lipinski definition) is 2. The van der Waals surface area contributed by atoms with E-state index in [2.05, 4.69) is 10.6 Å². The van der Waals surface area contributed by atoms with Crippen LogP contribution in [0.25, 0.3) is 0 Å². The van der Waals surface area contributed by atoms with Crippen LogP contribution in [0.15, 0.2) is 42.5 Å². The number of fused-ring (bicyclic) bond motifs is 1. The molecule has 2 aromatic rings. The monoisotopic (exact) mass is 327 g/mol. The molecule has 1 heterocycles. The number of nitro benzene ring substituents is 1. The summed E-state index contributed by atoms with van der Waals surface area (Å²) in [4.78, 5) is 33.9. The lowest BCUT2D eigenvalue weighted by Gasteiger charge is -2.23. The van der Waals surface area contributed by atoms with E-state index in [1.54, 1.807) is 25.1 Å². The number of benzene rings is 2. The van der Waals surface area contributed by atoms with Crippen LogP contribution >= 0.6 is 0 Å². The van der Waals surface area contributed by atoms with Crippen LogP contribution in [0.5, 0.6) is 5.75 Å². The van der Waals surface area contributed by atoms with Gasteiger partial charge in [-0.15, -0.1) is 0 Å². The van der Waals surface area contributed by atoms with Crippen LogP contribution in [0.1, 0.15) is 17.3 Å². The van der Waals surface area contributed by atoms with Gasteiger partial charge < -0.3 is 15.4 Å². The molecule has 122 valence electrons. The van der Waals surface area contributed by atoms with Gasteiger partial charge in [-0.2, -0.15) is 0 Å². The minimum Gasteiger partial charge on any atom is -0.479 e. The van der Waals surface area contributed by atoms with Gasteiger partial charge in [-0.05, 0) is 37.3 Å². The highest BCUT2D eigenvalue weighted by atomic mass is 16.6. The predicted octanol–water partition coefficient (Wildman–Crippen LogP) is 2.57. The first-order valence-corrected chi connectivity index (χ1v) is 7.11. The van der Waals surface area contributed by atoms with Crippen molar-refractivity contribution < 1.29 is 19.2 Å². The molecule has 0 saturated carbocycles. The molecule has 1 aliphatic rings. The van der Waals surface area contributed by atoms with Crippen LogP contribution in [0.4, 0.5) is 17.1 Å². The molecule has 0 fully saturated rings. The normalized spacial score (nSPS) is 15.7. The Morgan fingerprint density at radius 3 is 2.62 bits per heavy atom. The number of amides is 2. The van der Waals surface area contributed by atoms with E-state index in [1.165, 1.54) is 24.3 Å². The molecular weight excluding hydrogens is 314 g/mol. The van der Waals surface area contributed by atoms with Crippen molar-refractivity contribution in [3.8, 4) is 5.75 Å². The average Bonchev–Trinajstić information content (AvgIpc) is 2.56. The standard InChI is InChI=1S/C16H13N3O5/c1-9-15(20)18-13-8-11(4-7-14(13)24-9)17-16(21)10-2-5-12(6-3-10)19(22)23/h2-9H,1H3,(H,17,21)(H,18,20)/t9-/m0/s1. The van der Waals surface area contributed by atoms with Crippen molar-refractivity contribution in [3.63, 3.8) is 0 Å². The fourth-order valence-electron chi connectivity index (χ4n) is 2.22. The van der Waals surface area contributed by atoms with Crippen LogP contribution in [-0.2, 0) is 4.79 Å². The fraction of sp³-hybridized carbons (Fsp3) is 0.125. The Labute approximate surface area is 136 Å². The summed E-state index contributed by atoms with van der Waals surface area (Å²) in [6.07, 6.45) is -0.571. The van der Waals surface area contributed by atoms with Crippen LogP contribution in [0.2, 0.25) is 0 Å². The van der Waals surface area contributed by atoms with Gasteiger partial charge in [-0.3, -0.25) is 19.7 Å². The van der Waals surface area contributed by atoms with Crippen LogP contribution in [0.3, 0.4) is 0 Å². The number of hydrogen-bond acceptors (Lipinski definition) is 5. The number of ether oxygens (including phenoxy) is 1. The zero-order chi connectivity index (χ0) is 17.3. The van der Waals surface area contributed by atoms with E-state index in [-0.39, 0.29) is 17.2 Å². The van der Waals surface area contributed by atoms with Gasteiger partial charge in [0.2, 0.25) is 0 Å². The van der Waals surface area contributed by atoms with Gasteiger partial charge in [0.1, 0.15) is 5.75 Å². The third-order valence-electron chi connectivity index (χ3n) is 3.51. The lowest BCUT2D eigenvalue weighted by molar-refractivity contribution is -0.384. The van der Waals surface area contributed by atoms with Crippen molar-refractivity contribution in [2.75, 3.05) is 10.6 Å². The molecule has 1 atom stereocenters. The number of carbonyl (C=O) groups is 2. The fourth-order valence-corrected chi connectivity index (χ4v) is 2.22. The number of nitrogens with zero attached hydrogens (tertiary/aromatic N) is 1. The topological polar surface area (TPSA) is 111 Å². The first-order valence-electron chi connectivity index (χ1n) is 7.11. The van der Waals surface area contributed by atoms with E-state index < -0.39 is 16.9 Å². The molecule has 0 saturated heterocycles. The predicted molar refractivity (Wildman–Crippen MR) is 86.2 cm³/mol. The molecule has 0 radical (unpaired) electrons. The second kappa shape index (κ2) is 5.99. The maximum atomic E-state index is 12.2. The highest BCUT2D eigenvalue weighted by Crippen LogP contribution is 2.32. The van der Waals surface area contributed by atoms with Gasteiger partial charge in [-0.1, -0.05) is 0 Å². The number of rotatable bonds is 3. The summed E-state index contributed by atoms with van der Waals surface area (Å²) in [7, 11) is 0. The Morgan fingerprint density at radius 1 is 1.25 bits per heavy atom. The van der Waals surface area contributed by atoms with Gasteiger partial charge in [0.25, 0.3) is 17.5 Å². The van der Waals surface area contributed by atoms with Gasteiger partial charge in [0.05, 0.1) is 10.6 Å². The summed E-state index contributed by atoms with van der Waals surface area (Å²) in [5, 5.41) is 16.0. The summed E-state index contributed by atoms with van der Waals surface area (Å²) in [6, 6.07) is 10.1. The highest BCUT2D eigenvalue weighted by Gasteiger charge is 2.23. The van der Waals surface area contributed by atoms with Gasteiger partial charge >= 0.3 is 0 Å². The molecule has 2 aromatic carbocycles. The molecule has 8 heteroatoms. The smallest absolute Gasteiger partial charge is 0.269 e. The molecular formula is C16H13N3O5. The molecule has 2 amide bonds. The van der Waals surface area contributed by atoms with Crippen molar-refractivity contribution in [1.29, 1.82) is 0 Å². The minimum absolute atomic E-state index is 0.0886. The lowest BCUT2D eigenvalue weighted by atomic mass is 10.1.